The number of rotatable bonds is 5. The van der Waals surface area contributed by atoms with Crippen LogP contribution >= 0.6 is 11.3 Å². The molecule has 0 unspecified atom stereocenters. The minimum absolute atomic E-state index is 0.585. The monoisotopic (exact) mass is 260 g/mol. The van der Waals surface area contributed by atoms with E-state index in [0.29, 0.717) is 6.54 Å². The lowest BCUT2D eigenvalue weighted by atomic mass is 10.1. The number of aryl methyl sites for hydroxylation is 2. The Morgan fingerprint density at radius 3 is 2.78 bits per heavy atom. The summed E-state index contributed by atoms with van der Waals surface area (Å²) in [7, 11) is 0. The van der Waals surface area contributed by atoms with Crippen molar-refractivity contribution in [2.75, 3.05) is 0 Å². The van der Waals surface area contributed by atoms with Gasteiger partial charge in [-0.15, -0.1) is 11.3 Å². The largest absolute Gasteiger partial charge is 0.326 e. The standard InChI is InChI=1S/C15H20N2S/c1-3-6-13-14(4-2)18-15(17-13)12-8-5-7-11(9-12)10-16/h5,7-9H,3-4,6,10,16H2,1-2H3. The van der Waals surface area contributed by atoms with Crippen LogP contribution in [-0.4, -0.2) is 4.98 Å². The Morgan fingerprint density at radius 2 is 2.11 bits per heavy atom. The molecule has 2 N–H and O–H groups in total. The van der Waals surface area contributed by atoms with Gasteiger partial charge in [0.1, 0.15) is 5.01 Å². The molecule has 0 bridgehead atoms. The Hall–Kier alpha value is -1.19. The second kappa shape index (κ2) is 6.12. The third-order valence-electron chi connectivity index (χ3n) is 3.00. The van der Waals surface area contributed by atoms with Crippen LogP contribution < -0.4 is 5.73 Å². The van der Waals surface area contributed by atoms with Crippen molar-refractivity contribution in [1.82, 2.24) is 4.98 Å². The summed E-state index contributed by atoms with van der Waals surface area (Å²) in [6, 6.07) is 8.38. The molecule has 96 valence electrons. The average molecular weight is 260 g/mol. The summed E-state index contributed by atoms with van der Waals surface area (Å²) < 4.78 is 0. The van der Waals surface area contributed by atoms with Gasteiger partial charge in [0.15, 0.2) is 0 Å². The second-order valence-corrected chi connectivity index (χ2v) is 5.48. The maximum absolute atomic E-state index is 5.69. The molecule has 1 heterocycles. The molecule has 0 aliphatic rings. The van der Waals surface area contributed by atoms with Crippen LogP contribution in [0.5, 0.6) is 0 Å². The minimum Gasteiger partial charge on any atom is -0.326 e. The lowest BCUT2D eigenvalue weighted by molar-refractivity contribution is 0.876. The highest BCUT2D eigenvalue weighted by Crippen LogP contribution is 2.29. The predicted octanol–water partition coefficient (Wildman–Crippen LogP) is 3.78. The van der Waals surface area contributed by atoms with E-state index in [4.69, 9.17) is 10.7 Å². The number of thiazole rings is 1. The van der Waals surface area contributed by atoms with Gasteiger partial charge in [0.05, 0.1) is 5.69 Å². The van der Waals surface area contributed by atoms with E-state index >= 15 is 0 Å². The Balaban J connectivity index is 2.37. The Kier molecular flexibility index (Phi) is 4.50. The fourth-order valence-corrected chi connectivity index (χ4v) is 3.09. The maximum atomic E-state index is 5.69. The van der Waals surface area contributed by atoms with Crippen molar-refractivity contribution in [2.45, 2.75) is 39.7 Å². The summed E-state index contributed by atoms with van der Waals surface area (Å²) in [5.41, 5.74) is 9.32. The van der Waals surface area contributed by atoms with Crippen LogP contribution in [0.15, 0.2) is 24.3 Å². The summed E-state index contributed by atoms with van der Waals surface area (Å²) in [6.07, 6.45) is 3.30. The Morgan fingerprint density at radius 1 is 1.28 bits per heavy atom. The van der Waals surface area contributed by atoms with Crippen LogP contribution in [0.4, 0.5) is 0 Å². The first-order chi connectivity index (χ1) is 8.78. The topological polar surface area (TPSA) is 38.9 Å². The molecule has 0 aliphatic carbocycles. The van der Waals surface area contributed by atoms with Gasteiger partial charge in [0.2, 0.25) is 0 Å². The molecule has 0 saturated carbocycles. The minimum atomic E-state index is 0.585. The van der Waals surface area contributed by atoms with Crippen molar-refractivity contribution in [3.63, 3.8) is 0 Å². The van der Waals surface area contributed by atoms with Gasteiger partial charge in [-0.25, -0.2) is 4.98 Å². The Bertz CT molecular complexity index is 517. The smallest absolute Gasteiger partial charge is 0.123 e. The molecule has 0 atom stereocenters. The normalized spacial score (nSPS) is 10.8. The summed E-state index contributed by atoms with van der Waals surface area (Å²) in [5.74, 6) is 0. The molecule has 1 aromatic heterocycles. The van der Waals surface area contributed by atoms with Gasteiger partial charge in [-0.1, -0.05) is 38.5 Å². The van der Waals surface area contributed by atoms with Crippen LogP contribution in [0.25, 0.3) is 10.6 Å². The van der Waals surface area contributed by atoms with E-state index in [2.05, 4.69) is 38.1 Å². The molecule has 0 fully saturated rings. The van der Waals surface area contributed by atoms with Crippen molar-refractivity contribution in [1.29, 1.82) is 0 Å². The quantitative estimate of drug-likeness (QED) is 0.888. The zero-order valence-corrected chi connectivity index (χ0v) is 11.9. The van der Waals surface area contributed by atoms with Gasteiger partial charge in [0.25, 0.3) is 0 Å². The summed E-state index contributed by atoms with van der Waals surface area (Å²) in [4.78, 5) is 6.22. The fourth-order valence-electron chi connectivity index (χ4n) is 2.05. The first-order valence-corrected chi connectivity index (χ1v) is 7.38. The number of hydrogen-bond acceptors (Lipinski definition) is 3. The predicted molar refractivity (Wildman–Crippen MR) is 78.8 cm³/mol. The zero-order valence-electron chi connectivity index (χ0n) is 11.1. The molecule has 1 aromatic carbocycles. The summed E-state index contributed by atoms with van der Waals surface area (Å²) in [6.45, 7) is 4.99. The third-order valence-corrected chi connectivity index (χ3v) is 4.29. The van der Waals surface area contributed by atoms with Crippen LogP contribution in [0.1, 0.15) is 36.4 Å². The van der Waals surface area contributed by atoms with Gasteiger partial charge in [0, 0.05) is 17.0 Å². The highest BCUT2D eigenvalue weighted by molar-refractivity contribution is 7.15. The number of nitrogens with zero attached hydrogens (tertiary/aromatic N) is 1. The van der Waals surface area contributed by atoms with E-state index < -0.39 is 0 Å². The Labute approximate surface area is 113 Å². The first kappa shape index (κ1) is 13.2. The molecule has 3 heteroatoms. The van der Waals surface area contributed by atoms with Gasteiger partial charge in [-0.05, 0) is 24.5 Å². The number of benzene rings is 1. The molecule has 2 nitrogen and oxygen atoms in total. The second-order valence-electron chi connectivity index (χ2n) is 4.40. The van der Waals surface area contributed by atoms with Crippen LogP contribution in [0, 0.1) is 0 Å². The van der Waals surface area contributed by atoms with Crippen molar-refractivity contribution in [3.05, 3.63) is 40.4 Å². The van der Waals surface area contributed by atoms with Crippen molar-refractivity contribution in [2.24, 2.45) is 5.73 Å². The fraction of sp³-hybridized carbons (Fsp3) is 0.400. The summed E-state index contributed by atoms with van der Waals surface area (Å²) in [5, 5.41) is 1.13. The van der Waals surface area contributed by atoms with E-state index in [1.165, 1.54) is 16.1 Å². The van der Waals surface area contributed by atoms with Gasteiger partial charge >= 0.3 is 0 Å². The molecule has 2 rings (SSSR count). The van der Waals surface area contributed by atoms with Crippen LogP contribution in [-0.2, 0) is 19.4 Å². The number of hydrogen-bond donors (Lipinski definition) is 1. The van der Waals surface area contributed by atoms with E-state index in [0.717, 1.165) is 29.8 Å². The van der Waals surface area contributed by atoms with Gasteiger partial charge in [-0.2, -0.15) is 0 Å². The van der Waals surface area contributed by atoms with Gasteiger partial charge in [-0.3, -0.25) is 0 Å². The molecular formula is C15H20N2S. The molecule has 2 aromatic rings. The van der Waals surface area contributed by atoms with Crippen molar-refractivity contribution >= 4 is 11.3 Å². The van der Waals surface area contributed by atoms with E-state index in [9.17, 15) is 0 Å². The lowest BCUT2D eigenvalue weighted by Gasteiger charge is -1.99. The molecule has 0 saturated heterocycles. The number of aromatic nitrogens is 1. The molecule has 0 amide bonds. The maximum Gasteiger partial charge on any atom is 0.123 e. The van der Waals surface area contributed by atoms with E-state index in [1.54, 1.807) is 0 Å². The SMILES string of the molecule is CCCc1nc(-c2cccc(CN)c2)sc1CC. The lowest BCUT2D eigenvalue weighted by Crippen LogP contribution is -1.95. The molecule has 0 radical (unpaired) electrons. The van der Waals surface area contributed by atoms with Gasteiger partial charge < -0.3 is 5.73 Å². The first-order valence-electron chi connectivity index (χ1n) is 6.56. The average Bonchev–Trinajstić information content (AvgIpc) is 2.82. The molecule has 0 spiro atoms. The van der Waals surface area contributed by atoms with Crippen molar-refractivity contribution < 1.29 is 0 Å². The van der Waals surface area contributed by atoms with E-state index in [-0.39, 0.29) is 0 Å². The van der Waals surface area contributed by atoms with Crippen molar-refractivity contribution in [3.8, 4) is 10.6 Å². The van der Waals surface area contributed by atoms with Crippen LogP contribution in [0.2, 0.25) is 0 Å². The molecule has 0 aliphatic heterocycles. The molecule has 18 heavy (non-hydrogen) atoms. The zero-order chi connectivity index (χ0) is 13.0. The summed E-state index contributed by atoms with van der Waals surface area (Å²) >= 11 is 1.82. The molecular weight excluding hydrogens is 240 g/mol. The highest BCUT2D eigenvalue weighted by Gasteiger charge is 2.10. The number of nitrogens with two attached hydrogens (primary N) is 1. The van der Waals surface area contributed by atoms with Crippen LogP contribution in [0.3, 0.4) is 0 Å². The highest BCUT2D eigenvalue weighted by atomic mass is 32.1. The van der Waals surface area contributed by atoms with E-state index in [1.807, 2.05) is 11.3 Å². The third kappa shape index (κ3) is 2.79.